The first-order chi connectivity index (χ1) is 6.29. The average Bonchev–Trinajstić information content (AvgIpc) is 2.00. The predicted octanol–water partition coefficient (Wildman–Crippen LogP) is 2.14. The van der Waals surface area contributed by atoms with Gasteiger partial charge in [-0.15, -0.1) is 0 Å². The molecule has 1 aliphatic carbocycles. The van der Waals surface area contributed by atoms with Crippen LogP contribution < -0.4 is 11.1 Å². The first-order valence-electron chi connectivity index (χ1n) is 5.72. The third-order valence-electron chi connectivity index (χ3n) is 3.90. The fraction of sp³-hybridized carbons (Fsp3) is 1.00. The summed E-state index contributed by atoms with van der Waals surface area (Å²) in [5.41, 5.74) is 6.84. The molecule has 3 unspecified atom stereocenters. The van der Waals surface area contributed by atoms with E-state index in [1.54, 1.807) is 0 Å². The van der Waals surface area contributed by atoms with E-state index < -0.39 is 0 Å². The van der Waals surface area contributed by atoms with Crippen LogP contribution in [0, 0.1) is 10.8 Å². The normalized spacial score (nSPS) is 39.4. The van der Waals surface area contributed by atoms with Gasteiger partial charge in [0, 0.05) is 12.1 Å². The standard InChI is InChI=1S/C12H26N2/c1-9(13)12(4)7-10(14-5)6-11(2,3)8-12/h9-10,14H,6-8,13H2,1-5H3. The third-order valence-corrected chi connectivity index (χ3v) is 3.90. The molecule has 0 heterocycles. The van der Waals surface area contributed by atoms with Crippen LogP contribution in [-0.4, -0.2) is 19.1 Å². The minimum absolute atomic E-state index is 0.290. The van der Waals surface area contributed by atoms with Crippen molar-refractivity contribution in [3.8, 4) is 0 Å². The summed E-state index contributed by atoms with van der Waals surface area (Å²) in [6, 6.07) is 0.924. The maximum atomic E-state index is 6.11. The summed E-state index contributed by atoms with van der Waals surface area (Å²) in [5.74, 6) is 0. The lowest BCUT2D eigenvalue weighted by molar-refractivity contribution is 0.0567. The zero-order valence-electron chi connectivity index (χ0n) is 10.4. The van der Waals surface area contributed by atoms with Crippen LogP contribution in [-0.2, 0) is 0 Å². The van der Waals surface area contributed by atoms with E-state index in [4.69, 9.17) is 5.73 Å². The largest absolute Gasteiger partial charge is 0.327 e. The summed E-state index contributed by atoms with van der Waals surface area (Å²) < 4.78 is 0. The van der Waals surface area contributed by atoms with Gasteiger partial charge in [-0.2, -0.15) is 0 Å². The van der Waals surface area contributed by atoms with Crippen molar-refractivity contribution in [3.05, 3.63) is 0 Å². The zero-order chi connectivity index (χ0) is 11.0. The Morgan fingerprint density at radius 3 is 2.29 bits per heavy atom. The lowest BCUT2D eigenvalue weighted by Gasteiger charge is -2.48. The molecule has 2 nitrogen and oxygen atoms in total. The monoisotopic (exact) mass is 198 g/mol. The van der Waals surface area contributed by atoms with Crippen molar-refractivity contribution in [2.24, 2.45) is 16.6 Å². The number of nitrogens with two attached hydrogens (primary N) is 1. The molecule has 1 rings (SSSR count). The molecule has 0 aromatic rings. The fourth-order valence-corrected chi connectivity index (χ4v) is 3.09. The van der Waals surface area contributed by atoms with Crippen molar-refractivity contribution in [3.63, 3.8) is 0 Å². The maximum absolute atomic E-state index is 6.11. The lowest BCUT2D eigenvalue weighted by Crippen LogP contribution is -2.50. The van der Waals surface area contributed by atoms with Gasteiger partial charge >= 0.3 is 0 Å². The van der Waals surface area contributed by atoms with E-state index in [1.807, 2.05) is 0 Å². The molecule has 1 aliphatic rings. The molecule has 1 fully saturated rings. The molecule has 3 atom stereocenters. The minimum atomic E-state index is 0.290. The second-order valence-electron chi connectivity index (χ2n) is 6.18. The highest BCUT2D eigenvalue weighted by Crippen LogP contribution is 2.47. The summed E-state index contributed by atoms with van der Waals surface area (Å²) in [6.45, 7) is 9.20. The van der Waals surface area contributed by atoms with Crippen LogP contribution in [0.3, 0.4) is 0 Å². The molecule has 0 spiro atoms. The van der Waals surface area contributed by atoms with Crippen LogP contribution in [0.2, 0.25) is 0 Å². The fourth-order valence-electron chi connectivity index (χ4n) is 3.09. The van der Waals surface area contributed by atoms with Crippen molar-refractivity contribution in [1.29, 1.82) is 0 Å². The van der Waals surface area contributed by atoms with E-state index in [2.05, 4.69) is 40.1 Å². The smallest absolute Gasteiger partial charge is 0.00749 e. The van der Waals surface area contributed by atoms with Gasteiger partial charge in [-0.25, -0.2) is 0 Å². The van der Waals surface area contributed by atoms with Crippen LogP contribution >= 0.6 is 0 Å². The van der Waals surface area contributed by atoms with Crippen molar-refractivity contribution < 1.29 is 0 Å². The Bertz CT molecular complexity index is 198. The van der Waals surface area contributed by atoms with Crippen molar-refractivity contribution in [2.45, 2.75) is 59.0 Å². The van der Waals surface area contributed by atoms with E-state index in [1.165, 1.54) is 19.3 Å². The maximum Gasteiger partial charge on any atom is 0.00749 e. The molecule has 2 heteroatoms. The number of rotatable bonds is 2. The average molecular weight is 198 g/mol. The van der Waals surface area contributed by atoms with Crippen molar-refractivity contribution in [2.75, 3.05) is 7.05 Å². The van der Waals surface area contributed by atoms with E-state index in [0.717, 1.165) is 0 Å². The van der Waals surface area contributed by atoms with Crippen LogP contribution in [0.1, 0.15) is 47.0 Å². The topological polar surface area (TPSA) is 38.0 Å². The lowest BCUT2D eigenvalue weighted by atomic mass is 9.60. The molecular formula is C12H26N2. The molecule has 1 saturated carbocycles. The Morgan fingerprint density at radius 1 is 1.29 bits per heavy atom. The van der Waals surface area contributed by atoms with Crippen LogP contribution in [0.5, 0.6) is 0 Å². The molecule has 0 bridgehead atoms. The Hall–Kier alpha value is -0.0800. The molecule has 0 amide bonds. The Labute approximate surface area is 88.6 Å². The molecule has 0 aromatic heterocycles. The molecule has 84 valence electrons. The van der Waals surface area contributed by atoms with Crippen LogP contribution in [0.4, 0.5) is 0 Å². The van der Waals surface area contributed by atoms with Gasteiger partial charge in [0.15, 0.2) is 0 Å². The SMILES string of the molecule is CNC1CC(C)(C)CC(C)(C(C)N)C1. The summed E-state index contributed by atoms with van der Waals surface area (Å²) in [5, 5.41) is 3.41. The van der Waals surface area contributed by atoms with E-state index in [9.17, 15) is 0 Å². The summed E-state index contributed by atoms with van der Waals surface area (Å²) in [6.07, 6.45) is 3.73. The Balaban J connectivity index is 2.80. The molecule has 14 heavy (non-hydrogen) atoms. The molecule has 0 radical (unpaired) electrons. The molecular weight excluding hydrogens is 172 g/mol. The van der Waals surface area contributed by atoms with Gasteiger partial charge in [0.1, 0.15) is 0 Å². The molecule has 0 aliphatic heterocycles. The Kier molecular flexibility index (Phi) is 3.27. The molecule has 3 N–H and O–H groups in total. The van der Waals surface area contributed by atoms with E-state index in [0.29, 0.717) is 16.9 Å². The Morgan fingerprint density at radius 2 is 1.86 bits per heavy atom. The quantitative estimate of drug-likeness (QED) is 0.713. The van der Waals surface area contributed by atoms with Gasteiger partial charge in [0.2, 0.25) is 0 Å². The zero-order valence-corrected chi connectivity index (χ0v) is 10.4. The molecule has 0 aromatic carbocycles. The number of hydrogen-bond acceptors (Lipinski definition) is 2. The van der Waals surface area contributed by atoms with Gasteiger partial charge in [0.05, 0.1) is 0 Å². The van der Waals surface area contributed by atoms with Crippen LogP contribution in [0.25, 0.3) is 0 Å². The highest BCUT2D eigenvalue weighted by Gasteiger charge is 2.42. The first kappa shape index (κ1) is 12.0. The summed E-state index contributed by atoms with van der Waals surface area (Å²) in [7, 11) is 2.06. The molecule has 0 saturated heterocycles. The highest BCUT2D eigenvalue weighted by atomic mass is 14.9. The van der Waals surface area contributed by atoms with Gasteiger partial charge in [-0.1, -0.05) is 20.8 Å². The van der Waals surface area contributed by atoms with Crippen molar-refractivity contribution >= 4 is 0 Å². The highest BCUT2D eigenvalue weighted by molar-refractivity contribution is 4.97. The van der Waals surface area contributed by atoms with Gasteiger partial charge in [-0.05, 0) is 44.1 Å². The second kappa shape index (κ2) is 3.82. The van der Waals surface area contributed by atoms with Gasteiger partial charge in [-0.3, -0.25) is 0 Å². The van der Waals surface area contributed by atoms with E-state index in [-0.39, 0.29) is 6.04 Å². The van der Waals surface area contributed by atoms with Gasteiger partial charge < -0.3 is 11.1 Å². The predicted molar refractivity (Wildman–Crippen MR) is 62.2 cm³/mol. The minimum Gasteiger partial charge on any atom is -0.327 e. The summed E-state index contributed by atoms with van der Waals surface area (Å²) >= 11 is 0. The van der Waals surface area contributed by atoms with Crippen LogP contribution in [0.15, 0.2) is 0 Å². The summed E-state index contributed by atoms with van der Waals surface area (Å²) in [4.78, 5) is 0. The van der Waals surface area contributed by atoms with Crippen molar-refractivity contribution in [1.82, 2.24) is 5.32 Å². The second-order valence-corrected chi connectivity index (χ2v) is 6.18. The van der Waals surface area contributed by atoms with Gasteiger partial charge in [0.25, 0.3) is 0 Å². The van der Waals surface area contributed by atoms with E-state index >= 15 is 0 Å². The first-order valence-corrected chi connectivity index (χ1v) is 5.72. The third kappa shape index (κ3) is 2.48. The number of hydrogen-bond donors (Lipinski definition) is 2. The number of nitrogens with one attached hydrogen (secondary N) is 1.